The maximum Gasteiger partial charge on any atom is 0.243 e. The van der Waals surface area contributed by atoms with Gasteiger partial charge >= 0.3 is 0 Å². The van der Waals surface area contributed by atoms with Gasteiger partial charge in [0.25, 0.3) is 0 Å². The zero-order valence-corrected chi connectivity index (χ0v) is 12.9. The number of hydrogen-bond acceptors (Lipinski definition) is 4. The number of sulfonamides is 1. The number of rotatable bonds is 7. The first-order valence-electron chi connectivity index (χ1n) is 6.36. The fraction of sp³-hybridized carbons (Fsp3) is 0.500. The van der Waals surface area contributed by atoms with Gasteiger partial charge in [-0.25, -0.2) is 8.42 Å². The van der Waals surface area contributed by atoms with Crippen molar-refractivity contribution in [3.05, 3.63) is 29.3 Å². The third-order valence-electron chi connectivity index (χ3n) is 3.13. The van der Waals surface area contributed by atoms with Crippen LogP contribution in [0.3, 0.4) is 0 Å². The molecule has 1 aromatic rings. The Balaban J connectivity index is 3.07. The van der Waals surface area contributed by atoms with E-state index in [1.165, 1.54) is 11.4 Å². The number of aryl methyl sites for hydroxylation is 2. The number of nitrogens with zero attached hydrogens (tertiary/aromatic N) is 2. The van der Waals surface area contributed by atoms with Crippen LogP contribution in [0.1, 0.15) is 17.5 Å². The summed E-state index contributed by atoms with van der Waals surface area (Å²) in [6, 6.07) is 7.03. The molecule has 0 heterocycles. The van der Waals surface area contributed by atoms with Crippen LogP contribution in [0.5, 0.6) is 0 Å². The first-order chi connectivity index (χ1) is 9.43. The second kappa shape index (κ2) is 7.39. The van der Waals surface area contributed by atoms with Gasteiger partial charge in [-0.15, -0.1) is 0 Å². The molecule has 6 heteroatoms. The Labute approximate surface area is 120 Å². The minimum absolute atomic E-state index is 0.161. The van der Waals surface area contributed by atoms with Crippen molar-refractivity contribution >= 4 is 10.0 Å². The normalized spacial score (nSPS) is 11.6. The highest BCUT2D eigenvalue weighted by Crippen LogP contribution is 2.19. The molecule has 0 atom stereocenters. The molecule has 1 aromatic carbocycles. The van der Waals surface area contributed by atoms with E-state index in [9.17, 15) is 8.42 Å². The molecule has 0 unspecified atom stereocenters. The minimum atomic E-state index is -3.58. The van der Waals surface area contributed by atoms with E-state index in [4.69, 9.17) is 10.00 Å². The smallest absolute Gasteiger partial charge is 0.243 e. The lowest BCUT2D eigenvalue weighted by Gasteiger charge is -2.21. The lowest BCUT2D eigenvalue weighted by atomic mass is 10.1. The van der Waals surface area contributed by atoms with Crippen molar-refractivity contribution in [3.63, 3.8) is 0 Å². The molecule has 0 N–H and O–H groups in total. The molecule has 0 aromatic heterocycles. The van der Waals surface area contributed by atoms with Gasteiger partial charge in [0, 0.05) is 26.6 Å². The molecule has 0 aliphatic carbocycles. The molecular weight excluding hydrogens is 276 g/mol. The van der Waals surface area contributed by atoms with Gasteiger partial charge in [0.15, 0.2) is 0 Å². The number of nitriles is 1. The van der Waals surface area contributed by atoms with E-state index in [1.54, 1.807) is 18.2 Å². The molecule has 5 nitrogen and oxygen atoms in total. The van der Waals surface area contributed by atoms with Crippen molar-refractivity contribution in [1.29, 1.82) is 5.26 Å². The van der Waals surface area contributed by atoms with Gasteiger partial charge in [0.05, 0.1) is 17.6 Å². The predicted octanol–water partition coefficient (Wildman–Crippen LogP) is 1.85. The van der Waals surface area contributed by atoms with E-state index < -0.39 is 10.0 Å². The van der Waals surface area contributed by atoms with E-state index >= 15 is 0 Å². The maximum absolute atomic E-state index is 12.6. The average molecular weight is 296 g/mol. The second-order valence-corrected chi connectivity index (χ2v) is 6.49. The summed E-state index contributed by atoms with van der Waals surface area (Å²) in [7, 11) is -2.06. The van der Waals surface area contributed by atoms with E-state index in [0.29, 0.717) is 6.61 Å². The van der Waals surface area contributed by atoms with Crippen molar-refractivity contribution in [2.24, 2.45) is 0 Å². The van der Waals surface area contributed by atoms with Gasteiger partial charge in [-0.1, -0.05) is 6.07 Å². The summed E-state index contributed by atoms with van der Waals surface area (Å²) in [5, 5.41) is 8.65. The molecule has 110 valence electrons. The standard InChI is InChI=1S/C14H20N2O3S/c1-12-5-6-14(11-13(12)2)20(17,18)16(8-4-7-15)9-10-19-3/h5-6,11H,4,8-10H2,1-3H3. The molecule has 0 fully saturated rings. The van der Waals surface area contributed by atoms with Crippen LogP contribution in [-0.4, -0.2) is 39.5 Å². The van der Waals surface area contributed by atoms with Gasteiger partial charge in [0.2, 0.25) is 10.0 Å². The van der Waals surface area contributed by atoms with Gasteiger partial charge in [0.1, 0.15) is 0 Å². The van der Waals surface area contributed by atoms with E-state index in [-0.39, 0.29) is 24.4 Å². The summed E-state index contributed by atoms with van der Waals surface area (Å²) < 4.78 is 31.4. The summed E-state index contributed by atoms with van der Waals surface area (Å²) >= 11 is 0. The van der Waals surface area contributed by atoms with Crippen molar-refractivity contribution in [3.8, 4) is 6.07 Å². The lowest BCUT2D eigenvalue weighted by molar-refractivity contribution is 0.179. The van der Waals surface area contributed by atoms with Crippen LogP contribution in [0.15, 0.2) is 23.1 Å². The molecule has 0 aliphatic heterocycles. The largest absolute Gasteiger partial charge is 0.383 e. The van der Waals surface area contributed by atoms with Crippen LogP contribution >= 0.6 is 0 Å². The molecule has 1 rings (SSSR count). The quantitative estimate of drug-likeness (QED) is 0.770. The Morgan fingerprint density at radius 1 is 1.25 bits per heavy atom. The van der Waals surface area contributed by atoms with Crippen molar-refractivity contribution in [1.82, 2.24) is 4.31 Å². The van der Waals surface area contributed by atoms with Crippen molar-refractivity contribution in [2.45, 2.75) is 25.2 Å². The number of methoxy groups -OCH3 is 1. The van der Waals surface area contributed by atoms with E-state index in [0.717, 1.165) is 11.1 Å². The Morgan fingerprint density at radius 3 is 2.50 bits per heavy atom. The zero-order valence-electron chi connectivity index (χ0n) is 12.1. The van der Waals surface area contributed by atoms with E-state index in [2.05, 4.69) is 0 Å². The number of hydrogen-bond donors (Lipinski definition) is 0. The molecule has 0 saturated carbocycles. The molecule has 0 bridgehead atoms. The van der Waals surface area contributed by atoms with Gasteiger partial charge in [-0.3, -0.25) is 0 Å². The second-order valence-electron chi connectivity index (χ2n) is 4.55. The summed E-state index contributed by atoms with van der Waals surface area (Å²) in [6.45, 7) is 4.53. The number of benzene rings is 1. The maximum atomic E-state index is 12.6. The zero-order chi connectivity index (χ0) is 15.2. The van der Waals surface area contributed by atoms with Crippen LogP contribution < -0.4 is 0 Å². The SMILES string of the molecule is COCCN(CCC#N)S(=O)(=O)c1ccc(C)c(C)c1. The first kappa shape index (κ1) is 16.6. The minimum Gasteiger partial charge on any atom is -0.383 e. The van der Waals surface area contributed by atoms with Crippen molar-refractivity contribution < 1.29 is 13.2 Å². The first-order valence-corrected chi connectivity index (χ1v) is 7.80. The Hall–Kier alpha value is -1.42. The summed E-state index contributed by atoms with van der Waals surface area (Å²) in [6.07, 6.45) is 0.161. The molecule has 0 radical (unpaired) electrons. The highest BCUT2D eigenvalue weighted by molar-refractivity contribution is 7.89. The van der Waals surface area contributed by atoms with Gasteiger partial charge in [-0.2, -0.15) is 9.57 Å². The van der Waals surface area contributed by atoms with Crippen LogP contribution in [0, 0.1) is 25.2 Å². The molecule has 0 spiro atoms. The van der Waals surface area contributed by atoms with Crippen molar-refractivity contribution in [2.75, 3.05) is 26.8 Å². The fourth-order valence-corrected chi connectivity index (χ4v) is 3.25. The summed E-state index contributed by atoms with van der Waals surface area (Å²) in [5.74, 6) is 0. The topological polar surface area (TPSA) is 70.4 Å². The fourth-order valence-electron chi connectivity index (χ4n) is 1.74. The van der Waals surface area contributed by atoms with E-state index in [1.807, 2.05) is 19.9 Å². The Kier molecular flexibility index (Phi) is 6.14. The van der Waals surface area contributed by atoms with Gasteiger partial charge < -0.3 is 4.74 Å². The van der Waals surface area contributed by atoms with Crippen LogP contribution in [-0.2, 0) is 14.8 Å². The van der Waals surface area contributed by atoms with Crippen LogP contribution in [0.2, 0.25) is 0 Å². The van der Waals surface area contributed by atoms with Gasteiger partial charge in [-0.05, 0) is 37.1 Å². The molecule has 0 saturated heterocycles. The van der Waals surface area contributed by atoms with Crippen LogP contribution in [0.4, 0.5) is 0 Å². The molecular formula is C14H20N2O3S. The monoisotopic (exact) mass is 296 g/mol. The highest BCUT2D eigenvalue weighted by Gasteiger charge is 2.24. The predicted molar refractivity (Wildman–Crippen MR) is 76.8 cm³/mol. The molecule has 20 heavy (non-hydrogen) atoms. The Morgan fingerprint density at radius 2 is 1.95 bits per heavy atom. The summed E-state index contributed by atoms with van der Waals surface area (Å²) in [4.78, 5) is 0.259. The number of ether oxygens (including phenoxy) is 1. The van der Waals surface area contributed by atoms with Crippen LogP contribution in [0.25, 0.3) is 0 Å². The average Bonchev–Trinajstić information content (AvgIpc) is 2.41. The third-order valence-corrected chi connectivity index (χ3v) is 5.03. The lowest BCUT2D eigenvalue weighted by Crippen LogP contribution is -2.34. The highest BCUT2D eigenvalue weighted by atomic mass is 32.2. The Bertz CT molecular complexity index is 591. The molecule has 0 amide bonds. The third kappa shape index (κ3) is 4.04. The molecule has 0 aliphatic rings. The summed E-state index contributed by atoms with van der Waals surface area (Å²) in [5.41, 5.74) is 1.97.